The van der Waals surface area contributed by atoms with Crippen molar-refractivity contribution in [2.24, 2.45) is 11.7 Å². The summed E-state index contributed by atoms with van der Waals surface area (Å²) in [6.07, 6.45) is 1.11. The topological polar surface area (TPSA) is 92.5 Å². The summed E-state index contributed by atoms with van der Waals surface area (Å²) in [5.41, 5.74) is 5.33. The molecule has 1 aliphatic rings. The van der Waals surface area contributed by atoms with E-state index < -0.39 is 26.7 Å². The Bertz CT molecular complexity index is 684. The van der Waals surface area contributed by atoms with Crippen molar-refractivity contribution in [1.29, 1.82) is 0 Å². The molecular formula is C14H19ClFN3O3S. The van der Waals surface area contributed by atoms with Gasteiger partial charge in [-0.1, -0.05) is 11.6 Å². The van der Waals surface area contributed by atoms with Gasteiger partial charge in [-0.15, -0.1) is 0 Å². The first kappa shape index (κ1) is 18.1. The van der Waals surface area contributed by atoms with Crippen LogP contribution in [0.2, 0.25) is 5.02 Å². The number of nitrogens with zero attached hydrogens (tertiary/aromatic N) is 1. The van der Waals surface area contributed by atoms with E-state index in [4.69, 9.17) is 17.3 Å². The monoisotopic (exact) mass is 363 g/mol. The Morgan fingerprint density at radius 3 is 2.91 bits per heavy atom. The molecule has 6 nitrogen and oxygen atoms in total. The van der Waals surface area contributed by atoms with Crippen LogP contribution in [-0.2, 0) is 14.8 Å². The van der Waals surface area contributed by atoms with Crippen LogP contribution in [0.15, 0.2) is 23.1 Å². The molecule has 1 atom stereocenters. The average molecular weight is 364 g/mol. The number of hydrogen-bond donors (Lipinski definition) is 2. The van der Waals surface area contributed by atoms with Crippen molar-refractivity contribution in [3.8, 4) is 0 Å². The van der Waals surface area contributed by atoms with Gasteiger partial charge in [0.25, 0.3) is 0 Å². The summed E-state index contributed by atoms with van der Waals surface area (Å²) in [6, 6.07) is 3.39. The number of nitrogens with one attached hydrogen (secondary N) is 1. The zero-order valence-electron chi connectivity index (χ0n) is 12.5. The molecule has 2 rings (SSSR count). The van der Waals surface area contributed by atoms with E-state index in [0.29, 0.717) is 25.9 Å². The molecule has 1 unspecified atom stereocenters. The quantitative estimate of drug-likeness (QED) is 0.814. The largest absolute Gasteiger partial charge is 0.355 e. The summed E-state index contributed by atoms with van der Waals surface area (Å²) in [6.45, 7) is 0.916. The number of carbonyl (C=O) groups excluding carboxylic acids is 1. The highest BCUT2D eigenvalue weighted by molar-refractivity contribution is 7.89. The summed E-state index contributed by atoms with van der Waals surface area (Å²) in [5, 5.41) is 2.79. The van der Waals surface area contributed by atoms with Gasteiger partial charge < -0.3 is 11.1 Å². The standard InChI is InChI=1S/C14H19ClFN3O3S/c15-11-3-4-12(16)13(8-11)23(21,22)19-7-1-2-10(9-19)14(20)18-6-5-17/h3-4,8,10H,1-2,5-7,9,17H2,(H,18,20). The Morgan fingerprint density at radius 1 is 1.48 bits per heavy atom. The van der Waals surface area contributed by atoms with Crippen molar-refractivity contribution in [2.45, 2.75) is 17.7 Å². The third-order valence-corrected chi connectivity index (χ3v) is 5.82. The molecule has 1 fully saturated rings. The van der Waals surface area contributed by atoms with Crippen molar-refractivity contribution in [3.63, 3.8) is 0 Å². The molecule has 0 spiro atoms. The molecule has 1 aromatic rings. The van der Waals surface area contributed by atoms with Crippen molar-refractivity contribution >= 4 is 27.5 Å². The number of benzene rings is 1. The van der Waals surface area contributed by atoms with Crippen molar-refractivity contribution in [2.75, 3.05) is 26.2 Å². The van der Waals surface area contributed by atoms with Gasteiger partial charge in [-0.25, -0.2) is 12.8 Å². The number of carbonyl (C=O) groups is 1. The third kappa shape index (κ3) is 4.20. The lowest BCUT2D eigenvalue weighted by Crippen LogP contribution is -2.46. The number of amides is 1. The first-order chi connectivity index (χ1) is 10.9. The van der Waals surface area contributed by atoms with Gasteiger partial charge in [-0.2, -0.15) is 4.31 Å². The van der Waals surface area contributed by atoms with Crippen LogP contribution in [0.5, 0.6) is 0 Å². The second kappa shape index (κ2) is 7.57. The van der Waals surface area contributed by atoms with Crippen molar-refractivity contribution in [3.05, 3.63) is 29.0 Å². The Labute approximate surface area is 139 Å². The molecule has 1 aromatic carbocycles. The minimum atomic E-state index is -4.03. The second-order valence-corrected chi connectivity index (χ2v) is 7.70. The van der Waals surface area contributed by atoms with Crippen LogP contribution in [0.4, 0.5) is 4.39 Å². The van der Waals surface area contributed by atoms with Crippen LogP contribution in [-0.4, -0.2) is 44.8 Å². The molecule has 1 aliphatic heterocycles. The molecule has 23 heavy (non-hydrogen) atoms. The van der Waals surface area contributed by atoms with Gasteiger partial charge in [0.1, 0.15) is 10.7 Å². The van der Waals surface area contributed by atoms with E-state index in [-0.39, 0.29) is 24.0 Å². The predicted molar refractivity (Wildman–Crippen MR) is 85.0 cm³/mol. The van der Waals surface area contributed by atoms with Gasteiger partial charge in [-0.05, 0) is 31.0 Å². The molecule has 0 bridgehead atoms. The minimum Gasteiger partial charge on any atom is -0.355 e. The van der Waals surface area contributed by atoms with E-state index in [2.05, 4.69) is 5.32 Å². The summed E-state index contributed by atoms with van der Waals surface area (Å²) in [4.78, 5) is 11.5. The fourth-order valence-electron chi connectivity index (χ4n) is 2.53. The van der Waals surface area contributed by atoms with Gasteiger partial charge in [0.2, 0.25) is 15.9 Å². The van der Waals surface area contributed by atoms with E-state index in [1.54, 1.807) is 0 Å². The summed E-state index contributed by atoms with van der Waals surface area (Å²) in [7, 11) is -4.03. The second-order valence-electron chi connectivity index (χ2n) is 5.36. The molecule has 1 amide bonds. The van der Waals surface area contributed by atoms with Crippen LogP contribution >= 0.6 is 11.6 Å². The zero-order valence-corrected chi connectivity index (χ0v) is 14.0. The maximum Gasteiger partial charge on any atom is 0.246 e. The van der Waals surface area contributed by atoms with E-state index >= 15 is 0 Å². The van der Waals surface area contributed by atoms with Crippen LogP contribution < -0.4 is 11.1 Å². The Hall–Kier alpha value is -1.22. The third-order valence-electron chi connectivity index (χ3n) is 3.71. The van der Waals surface area contributed by atoms with Gasteiger partial charge in [-0.3, -0.25) is 4.79 Å². The predicted octanol–water partition coefficient (Wildman–Crippen LogP) is 0.955. The molecule has 0 aliphatic carbocycles. The molecule has 0 radical (unpaired) electrons. The lowest BCUT2D eigenvalue weighted by Gasteiger charge is -2.31. The van der Waals surface area contributed by atoms with Gasteiger partial charge in [0.15, 0.2) is 0 Å². The van der Waals surface area contributed by atoms with E-state index in [0.717, 1.165) is 16.4 Å². The molecule has 3 N–H and O–H groups in total. The van der Waals surface area contributed by atoms with Crippen molar-refractivity contribution < 1.29 is 17.6 Å². The maximum absolute atomic E-state index is 13.9. The molecule has 0 saturated carbocycles. The fraction of sp³-hybridized carbons (Fsp3) is 0.500. The highest BCUT2D eigenvalue weighted by atomic mass is 35.5. The van der Waals surface area contributed by atoms with Crippen molar-refractivity contribution in [1.82, 2.24) is 9.62 Å². The molecule has 9 heteroatoms. The first-order valence-electron chi connectivity index (χ1n) is 7.29. The van der Waals surface area contributed by atoms with Crippen LogP contribution in [0, 0.1) is 11.7 Å². The number of hydrogen-bond acceptors (Lipinski definition) is 4. The lowest BCUT2D eigenvalue weighted by atomic mass is 9.99. The smallest absolute Gasteiger partial charge is 0.246 e. The SMILES string of the molecule is NCCNC(=O)C1CCCN(S(=O)(=O)c2cc(Cl)ccc2F)C1. The Balaban J connectivity index is 2.19. The average Bonchev–Trinajstić information content (AvgIpc) is 2.54. The van der Waals surface area contributed by atoms with E-state index in [1.807, 2.05) is 0 Å². The summed E-state index contributed by atoms with van der Waals surface area (Å²) >= 11 is 5.77. The number of halogens is 2. The number of piperidine rings is 1. The van der Waals surface area contributed by atoms with Crippen LogP contribution in [0.3, 0.4) is 0 Å². The minimum absolute atomic E-state index is 0.0185. The lowest BCUT2D eigenvalue weighted by molar-refractivity contribution is -0.126. The van der Waals surface area contributed by atoms with Gasteiger partial charge >= 0.3 is 0 Å². The first-order valence-corrected chi connectivity index (χ1v) is 9.11. The van der Waals surface area contributed by atoms with Gasteiger partial charge in [0.05, 0.1) is 5.92 Å². The number of rotatable bonds is 5. The Kier molecular flexibility index (Phi) is 5.96. The summed E-state index contributed by atoms with van der Waals surface area (Å²) in [5.74, 6) is -1.56. The van der Waals surface area contributed by atoms with Gasteiger partial charge in [0, 0.05) is 31.2 Å². The van der Waals surface area contributed by atoms with Crippen LogP contribution in [0.1, 0.15) is 12.8 Å². The van der Waals surface area contributed by atoms with E-state index in [9.17, 15) is 17.6 Å². The Morgan fingerprint density at radius 2 is 2.22 bits per heavy atom. The molecular weight excluding hydrogens is 345 g/mol. The number of nitrogens with two attached hydrogens (primary N) is 1. The fourth-order valence-corrected chi connectivity index (χ4v) is 4.38. The highest BCUT2D eigenvalue weighted by Crippen LogP contribution is 2.27. The molecule has 128 valence electrons. The number of sulfonamides is 1. The molecule has 0 aromatic heterocycles. The molecule has 1 saturated heterocycles. The van der Waals surface area contributed by atoms with E-state index in [1.165, 1.54) is 6.07 Å². The summed E-state index contributed by atoms with van der Waals surface area (Å²) < 4.78 is 40.3. The normalized spacial score (nSPS) is 19.5. The maximum atomic E-state index is 13.9. The molecule has 1 heterocycles. The zero-order chi connectivity index (χ0) is 17.0. The van der Waals surface area contributed by atoms with Crippen LogP contribution in [0.25, 0.3) is 0 Å². The highest BCUT2D eigenvalue weighted by Gasteiger charge is 2.34.